The Labute approximate surface area is 189 Å². The normalized spacial score (nSPS) is 20.5. The molecule has 170 valence electrons. The molecule has 1 aromatic rings. The maximum Gasteiger partial charge on any atom is 0.331 e. The van der Waals surface area contributed by atoms with Gasteiger partial charge in [0, 0.05) is 15.6 Å². The van der Waals surface area contributed by atoms with E-state index in [1.807, 2.05) is 0 Å². The lowest BCUT2D eigenvalue weighted by atomic mass is 9.80. The Morgan fingerprint density at radius 2 is 1.97 bits per heavy atom. The van der Waals surface area contributed by atoms with Crippen LogP contribution in [-0.2, 0) is 25.5 Å². The first-order valence-electron chi connectivity index (χ1n) is 9.83. The van der Waals surface area contributed by atoms with E-state index in [0.29, 0.717) is 28.6 Å². The zero-order valence-electron chi connectivity index (χ0n) is 17.7. The van der Waals surface area contributed by atoms with Crippen LogP contribution in [-0.4, -0.2) is 50.8 Å². The number of hydrogen-bond acceptors (Lipinski definition) is 5. The van der Waals surface area contributed by atoms with Crippen molar-refractivity contribution in [3.63, 3.8) is 0 Å². The van der Waals surface area contributed by atoms with Crippen molar-refractivity contribution in [1.29, 1.82) is 0 Å². The van der Waals surface area contributed by atoms with Gasteiger partial charge in [-0.1, -0.05) is 21.9 Å². The summed E-state index contributed by atoms with van der Waals surface area (Å²) in [6.07, 6.45) is -1.77. The Bertz CT molecular complexity index is 857. The molecule has 0 spiro atoms. The summed E-state index contributed by atoms with van der Waals surface area (Å²) in [5.41, 5.74) is 0.142. The quantitative estimate of drug-likeness (QED) is 0.435. The highest BCUT2D eigenvalue weighted by atomic mass is 79.9. The second-order valence-electron chi connectivity index (χ2n) is 7.24. The Kier molecular flexibility index (Phi) is 9.26. The number of alkyl halides is 2. The van der Waals surface area contributed by atoms with Crippen LogP contribution in [0.25, 0.3) is 0 Å². The van der Waals surface area contributed by atoms with E-state index in [9.17, 15) is 18.4 Å². The van der Waals surface area contributed by atoms with Crippen LogP contribution in [0, 0.1) is 11.8 Å². The fourth-order valence-electron chi connectivity index (χ4n) is 3.69. The van der Waals surface area contributed by atoms with Gasteiger partial charge in [-0.15, -0.1) is 5.92 Å². The van der Waals surface area contributed by atoms with E-state index in [1.54, 1.807) is 19.1 Å². The summed E-state index contributed by atoms with van der Waals surface area (Å²) in [4.78, 5) is 25.4. The first-order valence-corrected chi connectivity index (χ1v) is 10.6. The first-order chi connectivity index (χ1) is 14.7. The van der Waals surface area contributed by atoms with E-state index in [0.717, 1.165) is 5.56 Å². The number of carbonyl (C=O) groups is 2. The first kappa shape index (κ1) is 25.1. The maximum absolute atomic E-state index is 12.9. The standard InChI is InChI=1S/C22H26BrF2NO5/c1-4-5-14-10-17(23)16(18(11-14)29-2)12-20(27)26-22(21(28)30-3)8-6-15(7-9-22)31-13-19(24)25/h10-11,15,19H,6-9,12-13H2,1-3H3,(H,26,27). The predicted molar refractivity (Wildman–Crippen MR) is 114 cm³/mol. The van der Waals surface area contributed by atoms with Crippen molar-refractivity contribution in [1.82, 2.24) is 5.32 Å². The Morgan fingerprint density at radius 1 is 1.29 bits per heavy atom. The molecular weight excluding hydrogens is 476 g/mol. The van der Waals surface area contributed by atoms with Crippen LogP contribution in [0.5, 0.6) is 5.75 Å². The number of amides is 1. The summed E-state index contributed by atoms with van der Waals surface area (Å²) in [5.74, 6) is 5.30. The predicted octanol–water partition coefficient (Wildman–Crippen LogP) is 3.62. The summed E-state index contributed by atoms with van der Waals surface area (Å²) in [6.45, 7) is 1.08. The molecule has 9 heteroatoms. The van der Waals surface area contributed by atoms with Gasteiger partial charge >= 0.3 is 5.97 Å². The number of ether oxygens (including phenoxy) is 3. The van der Waals surface area contributed by atoms with Crippen LogP contribution in [0.2, 0.25) is 0 Å². The molecule has 1 amide bonds. The van der Waals surface area contributed by atoms with Gasteiger partial charge < -0.3 is 19.5 Å². The van der Waals surface area contributed by atoms with Crippen molar-refractivity contribution in [2.45, 2.75) is 57.1 Å². The Balaban J connectivity index is 2.14. The number of halogens is 3. The maximum atomic E-state index is 12.9. The van der Waals surface area contributed by atoms with Gasteiger partial charge in [-0.25, -0.2) is 13.6 Å². The van der Waals surface area contributed by atoms with Crippen LogP contribution >= 0.6 is 15.9 Å². The molecule has 2 rings (SSSR count). The second-order valence-corrected chi connectivity index (χ2v) is 8.09. The minimum atomic E-state index is -2.55. The molecule has 1 saturated carbocycles. The van der Waals surface area contributed by atoms with E-state index < -0.39 is 24.5 Å². The van der Waals surface area contributed by atoms with Gasteiger partial charge in [0.15, 0.2) is 0 Å². The number of hydrogen-bond donors (Lipinski definition) is 1. The number of methoxy groups -OCH3 is 2. The van der Waals surface area contributed by atoms with E-state index in [4.69, 9.17) is 14.2 Å². The van der Waals surface area contributed by atoms with E-state index in [-0.39, 0.29) is 31.3 Å². The van der Waals surface area contributed by atoms with Gasteiger partial charge in [0.05, 0.1) is 26.7 Å². The fraction of sp³-hybridized carbons (Fsp3) is 0.545. The van der Waals surface area contributed by atoms with Crippen molar-refractivity contribution < 1.29 is 32.6 Å². The van der Waals surface area contributed by atoms with Gasteiger partial charge in [0.1, 0.15) is 17.9 Å². The molecule has 1 fully saturated rings. The van der Waals surface area contributed by atoms with Crippen molar-refractivity contribution in [2.24, 2.45) is 0 Å². The SMILES string of the molecule is CC#Cc1cc(Br)c(CC(=O)NC2(C(=O)OC)CCC(OCC(F)F)CC2)c(OC)c1. The average Bonchev–Trinajstić information content (AvgIpc) is 2.74. The highest BCUT2D eigenvalue weighted by molar-refractivity contribution is 9.10. The number of esters is 1. The van der Waals surface area contributed by atoms with Gasteiger partial charge in [-0.3, -0.25) is 4.79 Å². The lowest BCUT2D eigenvalue weighted by Gasteiger charge is -2.38. The highest BCUT2D eigenvalue weighted by Gasteiger charge is 2.44. The van der Waals surface area contributed by atoms with E-state index in [1.165, 1.54) is 14.2 Å². The average molecular weight is 502 g/mol. The molecule has 1 aromatic carbocycles. The molecule has 0 atom stereocenters. The molecule has 31 heavy (non-hydrogen) atoms. The lowest BCUT2D eigenvalue weighted by molar-refractivity contribution is -0.154. The Hall–Kier alpha value is -2.18. The topological polar surface area (TPSA) is 73.9 Å². The van der Waals surface area contributed by atoms with Crippen molar-refractivity contribution >= 4 is 27.8 Å². The van der Waals surface area contributed by atoms with Gasteiger partial charge in [0.2, 0.25) is 5.91 Å². The third kappa shape index (κ3) is 6.65. The van der Waals surface area contributed by atoms with Crippen LogP contribution in [0.15, 0.2) is 16.6 Å². The molecule has 1 aliphatic rings. The van der Waals surface area contributed by atoms with Crippen LogP contribution in [0.3, 0.4) is 0 Å². The fourth-order valence-corrected chi connectivity index (χ4v) is 4.27. The molecular formula is C22H26BrF2NO5. The van der Waals surface area contributed by atoms with E-state index >= 15 is 0 Å². The van der Waals surface area contributed by atoms with Gasteiger partial charge in [-0.05, 0) is 44.7 Å². The summed E-state index contributed by atoms with van der Waals surface area (Å²) in [5, 5.41) is 2.81. The Morgan fingerprint density at radius 3 is 2.52 bits per heavy atom. The molecule has 0 radical (unpaired) electrons. The molecule has 0 saturated heterocycles. The number of benzene rings is 1. The molecule has 0 bridgehead atoms. The minimum absolute atomic E-state index is 0.0341. The summed E-state index contributed by atoms with van der Waals surface area (Å²) in [7, 11) is 2.76. The molecule has 1 aliphatic carbocycles. The molecule has 0 aromatic heterocycles. The van der Waals surface area contributed by atoms with E-state index in [2.05, 4.69) is 33.1 Å². The number of carbonyl (C=O) groups excluding carboxylic acids is 2. The summed E-state index contributed by atoms with van der Waals surface area (Å²) < 4.78 is 41.0. The third-order valence-corrected chi connectivity index (χ3v) is 5.89. The monoisotopic (exact) mass is 501 g/mol. The van der Waals surface area contributed by atoms with Crippen molar-refractivity contribution in [3.8, 4) is 17.6 Å². The van der Waals surface area contributed by atoms with Gasteiger partial charge in [-0.2, -0.15) is 0 Å². The summed E-state index contributed by atoms with van der Waals surface area (Å²) in [6, 6.07) is 3.54. The van der Waals surface area contributed by atoms with Crippen molar-refractivity contribution in [3.05, 3.63) is 27.7 Å². The molecule has 0 heterocycles. The van der Waals surface area contributed by atoms with Gasteiger partial charge in [0.25, 0.3) is 6.43 Å². The second kappa shape index (κ2) is 11.4. The molecule has 0 unspecified atom stereocenters. The highest BCUT2D eigenvalue weighted by Crippen LogP contribution is 2.33. The lowest BCUT2D eigenvalue weighted by Crippen LogP contribution is -2.57. The minimum Gasteiger partial charge on any atom is -0.496 e. The third-order valence-electron chi connectivity index (χ3n) is 5.18. The zero-order valence-corrected chi connectivity index (χ0v) is 19.3. The summed E-state index contributed by atoms with van der Waals surface area (Å²) >= 11 is 3.46. The molecule has 1 N–H and O–H groups in total. The van der Waals surface area contributed by atoms with Crippen LogP contribution in [0.4, 0.5) is 8.78 Å². The van der Waals surface area contributed by atoms with Crippen molar-refractivity contribution in [2.75, 3.05) is 20.8 Å². The zero-order chi connectivity index (χ0) is 23.0. The molecule has 0 aliphatic heterocycles. The largest absolute Gasteiger partial charge is 0.496 e. The molecule has 6 nitrogen and oxygen atoms in total. The van der Waals surface area contributed by atoms with Crippen LogP contribution < -0.4 is 10.1 Å². The van der Waals surface area contributed by atoms with Crippen LogP contribution in [0.1, 0.15) is 43.7 Å². The number of nitrogens with one attached hydrogen (secondary N) is 1. The smallest absolute Gasteiger partial charge is 0.331 e. The number of rotatable bonds is 8.